The highest BCUT2D eigenvalue weighted by molar-refractivity contribution is 5.82. The Bertz CT molecular complexity index is 1440. The van der Waals surface area contributed by atoms with Crippen LogP contribution >= 0.6 is 0 Å². The first-order chi connectivity index (χ1) is 17.3. The van der Waals surface area contributed by atoms with Crippen molar-refractivity contribution in [2.75, 3.05) is 4.90 Å². The second-order valence-electron chi connectivity index (χ2n) is 9.44. The average Bonchev–Trinajstić information content (AvgIpc) is 3.08. The summed E-state index contributed by atoms with van der Waals surface area (Å²) in [6.07, 6.45) is 2.19. The topological polar surface area (TPSA) is 3.24 Å². The molecule has 0 amide bonds. The van der Waals surface area contributed by atoms with E-state index in [1.807, 2.05) is 0 Å². The van der Waals surface area contributed by atoms with E-state index in [4.69, 9.17) is 0 Å². The fraction of sp³-hybridized carbons (Fsp3) is 0.118. The molecule has 0 aliphatic heterocycles. The smallest absolute Gasteiger partial charge is 0.0467 e. The molecule has 0 fully saturated rings. The van der Waals surface area contributed by atoms with Crippen LogP contribution in [0.5, 0.6) is 0 Å². The van der Waals surface area contributed by atoms with E-state index < -0.39 is 0 Å². The number of fused-ring (bicyclic) bond motifs is 3. The number of aryl methyl sites for hydroxylation is 2. The van der Waals surface area contributed by atoms with Crippen molar-refractivity contribution in [3.8, 4) is 11.1 Å². The van der Waals surface area contributed by atoms with Gasteiger partial charge < -0.3 is 4.90 Å². The van der Waals surface area contributed by atoms with Gasteiger partial charge in [-0.05, 0) is 84.0 Å². The molecule has 0 saturated carbocycles. The maximum atomic E-state index is 2.40. The Labute approximate surface area is 208 Å². The van der Waals surface area contributed by atoms with Gasteiger partial charge in [0.15, 0.2) is 0 Å². The van der Waals surface area contributed by atoms with Crippen LogP contribution in [0.3, 0.4) is 0 Å². The lowest BCUT2D eigenvalue weighted by Gasteiger charge is -2.26. The summed E-state index contributed by atoms with van der Waals surface area (Å²) in [6.45, 7) is 2.14. The fourth-order valence-electron chi connectivity index (χ4n) is 5.42. The molecule has 170 valence electrons. The Morgan fingerprint density at radius 1 is 0.571 bits per heavy atom. The molecular formula is C34H29N. The second-order valence-corrected chi connectivity index (χ2v) is 9.44. The molecule has 5 aromatic carbocycles. The SMILES string of the molecule is Cc1ccc(N(c2ccccc2)c2ccc3c(c2)-c2ccccc2C(c2ccccc2)CC3)cc1. The molecule has 0 N–H and O–H groups in total. The van der Waals surface area contributed by atoms with Gasteiger partial charge in [0, 0.05) is 23.0 Å². The van der Waals surface area contributed by atoms with Gasteiger partial charge >= 0.3 is 0 Å². The number of hydrogen-bond acceptors (Lipinski definition) is 1. The predicted octanol–water partition coefficient (Wildman–Crippen LogP) is 9.21. The third-order valence-electron chi connectivity index (χ3n) is 7.19. The molecule has 6 rings (SSSR count). The van der Waals surface area contributed by atoms with E-state index in [-0.39, 0.29) is 0 Å². The average molecular weight is 452 g/mol. The zero-order valence-electron chi connectivity index (χ0n) is 20.1. The van der Waals surface area contributed by atoms with E-state index in [1.54, 1.807) is 0 Å². The number of para-hydroxylation sites is 1. The molecule has 0 spiro atoms. The van der Waals surface area contributed by atoms with Crippen molar-refractivity contribution >= 4 is 17.1 Å². The summed E-state index contributed by atoms with van der Waals surface area (Å²) in [5.74, 6) is 0.408. The number of nitrogens with zero attached hydrogens (tertiary/aromatic N) is 1. The summed E-state index contributed by atoms with van der Waals surface area (Å²) in [5, 5.41) is 0. The Kier molecular flexibility index (Phi) is 5.68. The van der Waals surface area contributed by atoms with Gasteiger partial charge in [-0.1, -0.05) is 96.6 Å². The minimum Gasteiger partial charge on any atom is -0.310 e. The lowest BCUT2D eigenvalue weighted by molar-refractivity contribution is 0.726. The van der Waals surface area contributed by atoms with Crippen LogP contribution in [0.4, 0.5) is 17.1 Å². The molecule has 0 bridgehead atoms. The Hall–Kier alpha value is -4.10. The molecule has 1 nitrogen and oxygen atoms in total. The number of rotatable bonds is 4. The fourth-order valence-corrected chi connectivity index (χ4v) is 5.42. The number of hydrogen-bond donors (Lipinski definition) is 0. The molecular weight excluding hydrogens is 422 g/mol. The van der Waals surface area contributed by atoms with Crippen molar-refractivity contribution in [3.63, 3.8) is 0 Å². The van der Waals surface area contributed by atoms with Crippen LogP contribution in [-0.2, 0) is 6.42 Å². The minimum atomic E-state index is 0.408. The third-order valence-corrected chi connectivity index (χ3v) is 7.19. The minimum absolute atomic E-state index is 0.408. The molecule has 1 aliphatic carbocycles. The first-order valence-electron chi connectivity index (χ1n) is 12.5. The Morgan fingerprint density at radius 3 is 1.97 bits per heavy atom. The van der Waals surface area contributed by atoms with E-state index in [1.165, 1.54) is 50.4 Å². The van der Waals surface area contributed by atoms with Crippen LogP contribution < -0.4 is 4.90 Å². The van der Waals surface area contributed by atoms with Crippen LogP contribution in [0, 0.1) is 6.92 Å². The molecule has 0 saturated heterocycles. The normalized spacial score (nSPS) is 14.5. The molecule has 0 radical (unpaired) electrons. The van der Waals surface area contributed by atoms with Crippen molar-refractivity contribution in [1.29, 1.82) is 0 Å². The van der Waals surface area contributed by atoms with Crippen LogP contribution in [0.1, 0.15) is 34.6 Å². The maximum Gasteiger partial charge on any atom is 0.0467 e. The lowest BCUT2D eigenvalue weighted by Crippen LogP contribution is -2.10. The Morgan fingerprint density at radius 2 is 1.20 bits per heavy atom. The highest BCUT2D eigenvalue weighted by Crippen LogP contribution is 2.44. The van der Waals surface area contributed by atoms with Gasteiger partial charge in [0.25, 0.3) is 0 Å². The van der Waals surface area contributed by atoms with E-state index in [0.717, 1.165) is 12.8 Å². The summed E-state index contributed by atoms with van der Waals surface area (Å²) >= 11 is 0. The summed E-state index contributed by atoms with van der Waals surface area (Å²) in [7, 11) is 0. The van der Waals surface area contributed by atoms with Crippen molar-refractivity contribution in [1.82, 2.24) is 0 Å². The molecule has 1 unspecified atom stereocenters. The molecule has 0 heterocycles. The summed E-state index contributed by atoms with van der Waals surface area (Å²) in [5.41, 5.74) is 11.8. The lowest BCUT2D eigenvalue weighted by atomic mass is 9.86. The molecule has 0 aromatic heterocycles. The molecule has 5 aromatic rings. The van der Waals surface area contributed by atoms with Gasteiger partial charge in [-0.3, -0.25) is 0 Å². The van der Waals surface area contributed by atoms with Crippen molar-refractivity contribution < 1.29 is 0 Å². The van der Waals surface area contributed by atoms with Gasteiger partial charge in [-0.15, -0.1) is 0 Å². The van der Waals surface area contributed by atoms with Crippen LogP contribution in [0.15, 0.2) is 127 Å². The van der Waals surface area contributed by atoms with Crippen molar-refractivity contribution in [2.24, 2.45) is 0 Å². The number of anilines is 3. The maximum absolute atomic E-state index is 2.40. The van der Waals surface area contributed by atoms with E-state index in [2.05, 4.69) is 139 Å². The highest BCUT2D eigenvalue weighted by atomic mass is 15.1. The highest BCUT2D eigenvalue weighted by Gasteiger charge is 2.24. The molecule has 35 heavy (non-hydrogen) atoms. The van der Waals surface area contributed by atoms with Crippen LogP contribution in [0.25, 0.3) is 11.1 Å². The van der Waals surface area contributed by atoms with Gasteiger partial charge in [-0.25, -0.2) is 0 Å². The van der Waals surface area contributed by atoms with Gasteiger partial charge in [0.05, 0.1) is 0 Å². The molecule has 1 atom stereocenters. The van der Waals surface area contributed by atoms with E-state index in [0.29, 0.717) is 5.92 Å². The standard InChI is InChI=1S/C34H29N/c1-25-16-20-29(21-17-25)35(28-12-6-3-7-13-28)30-22-18-27-19-23-31(26-10-4-2-5-11-26)32-14-8-9-15-33(32)34(27)24-30/h2-18,20-22,24,31H,19,23H2,1H3. The summed E-state index contributed by atoms with van der Waals surface area (Å²) in [4.78, 5) is 2.36. The predicted molar refractivity (Wildman–Crippen MR) is 148 cm³/mol. The molecule has 1 heteroatoms. The quantitative estimate of drug-likeness (QED) is 0.263. The van der Waals surface area contributed by atoms with Gasteiger partial charge in [0.2, 0.25) is 0 Å². The summed E-state index contributed by atoms with van der Waals surface area (Å²) < 4.78 is 0. The monoisotopic (exact) mass is 451 g/mol. The van der Waals surface area contributed by atoms with E-state index in [9.17, 15) is 0 Å². The zero-order valence-corrected chi connectivity index (χ0v) is 20.1. The largest absolute Gasteiger partial charge is 0.310 e. The first-order valence-corrected chi connectivity index (χ1v) is 12.5. The second kappa shape index (κ2) is 9.27. The third kappa shape index (κ3) is 4.15. The van der Waals surface area contributed by atoms with Crippen molar-refractivity contribution in [2.45, 2.75) is 25.7 Å². The number of benzene rings is 5. The van der Waals surface area contributed by atoms with Gasteiger partial charge in [-0.2, -0.15) is 0 Å². The van der Waals surface area contributed by atoms with Crippen LogP contribution in [-0.4, -0.2) is 0 Å². The first kappa shape index (κ1) is 21.4. The summed E-state index contributed by atoms with van der Waals surface area (Å²) in [6, 6.07) is 46.5. The van der Waals surface area contributed by atoms with Crippen molar-refractivity contribution in [3.05, 3.63) is 150 Å². The zero-order chi connectivity index (χ0) is 23.6. The van der Waals surface area contributed by atoms with Gasteiger partial charge in [0.1, 0.15) is 0 Å². The molecule has 1 aliphatic rings. The van der Waals surface area contributed by atoms with E-state index >= 15 is 0 Å². The Balaban J connectivity index is 1.51. The van der Waals surface area contributed by atoms with Crippen LogP contribution in [0.2, 0.25) is 0 Å².